The Morgan fingerprint density at radius 2 is 2.20 bits per heavy atom. The Bertz CT molecular complexity index is 628. The molecule has 0 aliphatic rings. The summed E-state index contributed by atoms with van der Waals surface area (Å²) in [5.41, 5.74) is 1.03. The van der Waals surface area contributed by atoms with Gasteiger partial charge in [0.2, 0.25) is 0 Å². The minimum Gasteiger partial charge on any atom is -0.391 e. The van der Waals surface area contributed by atoms with Gasteiger partial charge in [0, 0.05) is 23.2 Å². The molecule has 4 nitrogen and oxygen atoms in total. The van der Waals surface area contributed by atoms with Crippen molar-refractivity contribution >= 4 is 28.4 Å². The lowest BCUT2D eigenvalue weighted by atomic mass is 10.1. The maximum Gasteiger partial charge on any atom is 0.253 e. The Morgan fingerprint density at radius 3 is 2.90 bits per heavy atom. The molecule has 1 aromatic carbocycles. The quantitative estimate of drug-likeness (QED) is 0.910. The zero-order valence-electron chi connectivity index (χ0n) is 11.4. The van der Waals surface area contributed by atoms with Gasteiger partial charge in [-0.1, -0.05) is 31.5 Å². The summed E-state index contributed by atoms with van der Waals surface area (Å²) in [5.74, 6) is -0.194. The van der Waals surface area contributed by atoms with Crippen molar-refractivity contribution in [2.24, 2.45) is 5.92 Å². The number of benzene rings is 1. The third-order valence-corrected chi connectivity index (χ3v) is 3.37. The third-order valence-electron chi connectivity index (χ3n) is 3.16. The van der Waals surface area contributed by atoms with E-state index in [0.717, 1.165) is 5.39 Å². The van der Waals surface area contributed by atoms with E-state index in [0.29, 0.717) is 16.1 Å². The lowest BCUT2D eigenvalue weighted by Crippen LogP contribution is -2.34. The molecule has 0 spiro atoms. The first-order chi connectivity index (χ1) is 9.49. The van der Waals surface area contributed by atoms with Crippen molar-refractivity contribution in [1.82, 2.24) is 10.3 Å². The maximum absolute atomic E-state index is 12.2. The highest BCUT2D eigenvalue weighted by atomic mass is 35.5. The molecular formula is C15H17ClN2O2. The van der Waals surface area contributed by atoms with Crippen molar-refractivity contribution < 1.29 is 9.90 Å². The summed E-state index contributed by atoms with van der Waals surface area (Å²) < 4.78 is 0. The van der Waals surface area contributed by atoms with Crippen LogP contribution in [0.15, 0.2) is 30.5 Å². The van der Waals surface area contributed by atoms with E-state index in [1.54, 1.807) is 24.4 Å². The first kappa shape index (κ1) is 14.8. The Balaban J connectivity index is 2.26. The summed E-state index contributed by atoms with van der Waals surface area (Å²) in [7, 11) is 0. The van der Waals surface area contributed by atoms with Crippen molar-refractivity contribution in [3.8, 4) is 0 Å². The minimum atomic E-state index is -0.572. The number of halogens is 1. The zero-order valence-corrected chi connectivity index (χ0v) is 12.2. The number of fused-ring (bicyclic) bond motifs is 1. The van der Waals surface area contributed by atoms with E-state index >= 15 is 0 Å². The number of carbonyl (C=O) groups excluding carboxylic acids is 1. The molecule has 2 aromatic rings. The van der Waals surface area contributed by atoms with Gasteiger partial charge in [0.15, 0.2) is 0 Å². The van der Waals surface area contributed by atoms with Gasteiger partial charge in [-0.3, -0.25) is 9.78 Å². The Morgan fingerprint density at radius 1 is 1.45 bits per heavy atom. The predicted molar refractivity (Wildman–Crippen MR) is 79.9 cm³/mol. The molecule has 5 heteroatoms. The van der Waals surface area contributed by atoms with Crippen molar-refractivity contribution in [3.63, 3.8) is 0 Å². The average molecular weight is 293 g/mol. The van der Waals surface area contributed by atoms with Crippen LogP contribution in [0.4, 0.5) is 0 Å². The molecule has 2 rings (SSSR count). The number of rotatable bonds is 4. The van der Waals surface area contributed by atoms with Crippen molar-refractivity contribution in [1.29, 1.82) is 0 Å². The Hall–Kier alpha value is -1.65. The zero-order chi connectivity index (χ0) is 14.7. The largest absolute Gasteiger partial charge is 0.391 e. The fraction of sp³-hybridized carbons (Fsp3) is 0.333. The number of hydrogen-bond acceptors (Lipinski definition) is 3. The van der Waals surface area contributed by atoms with Crippen LogP contribution in [0.25, 0.3) is 10.9 Å². The molecular weight excluding hydrogens is 276 g/mol. The molecule has 0 bridgehead atoms. The molecule has 106 valence electrons. The van der Waals surface area contributed by atoms with Crippen LogP contribution >= 0.6 is 11.6 Å². The molecule has 20 heavy (non-hydrogen) atoms. The molecule has 0 radical (unpaired) electrons. The van der Waals surface area contributed by atoms with Gasteiger partial charge in [-0.05, 0) is 24.1 Å². The summed E-state index contributed by atoms with van der Waals surface area (Å²) in [5, 5.41) is 13.7. The highest BCUT2D eigenvalue weighted by Crippen LogP contribution is 2.22. The van der Waals surface area contributed by atoms with Gasteiger partial charge in [-0.2, -0.15) is 0 Å². The summed E-state index contributed by atoms with van der Waals surface area (Å²) in [6.07, 6.45) is 1.06. The van der Waals surface area contributed by atoms with Gasteiger partial charge >= 0.3 is 0 Å². The third kappa shape index (κ3) is 3.26. The molecule has 1 amide bonds. The smallest absolute Gasteiger partial charge is 0.253 e. The second-order valence-corrected chi connectivity index (χ2v) is 5.49. The highest BCUT2D eigenvalue weighted by molar-refractivity contribution is 6.32. The molecule has 1 heterocycles. The average Bonchev–Trinajstić information content (AvgIpc) is 2.43. The number of carbonyl (C=O) groups is 1. The maximum atomic E-state index is 12.2. The van der Waals surface area contributed by atoms with E-state index in [2.05, 4.69) is 10.3 Å². The van der Waals surface area contributed by atoms with Gasteiger partial charge < -0.3 is 10.4 Å². The van der Waals surface area contributed by atoms with Crippen LogP contribution in [-0.2, 0) is 0 Å². The van der Waals surface area contributed by atoms with E-state index in [-0.39, 0.29) is 18.4 Å². The molecule has 1 aromatic heterocycles. The summed E-state index contributed by atoms with van der Waals surface area (Å²) in [4.78, 5) is 16.4. The van der Waals surface area contributed by atoms with Gasteiger partial charge in [0.1, 0.15) is 0 Å². The molecule has 0 saturated carbocycles. The first-order valence-corrected chi connectivity index (χ1v) is 6.87. The van der Waals surface area contributed by atoms with Crippen molar-refractivity contribution in [2.45, 2.75) is 20.0 Å². The second kappa shape index (κ2) is 6.20. The van der Waals surface area contributed by atoms with E-state index in [1.807, 2.05) is 19.9 Å². The molecule has 0 aliphatic heterocycles. The SMILES string of the molecule is CC(C)C(O)CNC(=O)c1cc(Cl)cc2cccnc12. The standard InChI is InChI=1S/C15H17ClN2O2/c1-9(2)13(19)8-18-15(20)12-7-11(16)6-10-4-3-5-17-14(10)12/h3-7,9,13,19H,8H2,1-2H3,(H,18,20). The van der Waals surface area contributed by atoms with Crippen LogP contribution in [0.2, 0.25) is 5.02 Å². The van der Waals surface area contributed by atoms with Crippen LogP contribution < -0.4 is 5.32 Å². The van der Waals surface area contributed by atoms with Crippen LogP contribution in [0, 0.1) is 5.92 Å². The molecule has 0 saturated heterocycles. The fourth-order valence-electron chi connectivity index (χ4n) is 1.86. The summed E-state index contributed by atoms with van der Waals surface area (Å²) in [6, 6.07) is 7.01. The molecule has 0 aliphatic carbocycles. The monoisotopic (exact) mass is 292 g/mol. The number of nitrogens with one attached hydrogen (secondary N) is 1. The molecule has 2 N–H and O–H groups in total. The van der Waals surface area contributed by atoms with E-state index in [1.165, 1.54) is 0 Å². The predicted octanol–water partition coefficient (Wildman–Crippen LogP) is 2.63. The van der Waals surface area contributed by atoms with Crippen molar-refractivity contribution in [3.05, 3.63) is 41.0 Å². The lowest BCUT2D eigenvalue weighted by molar-refractivity contribution is 0.0873. The number of aliphatic hydroxyl groups excluding tert-OH is 1. The Labute approximate surface area is 122 Å². The number of pyridine rings is 1. The minimum absolute atomic E-state index is 0.0875. The van der Waals surface area contributed by atoms with Gasteiger partial charge in [0.25, 0.3) is 5.91 Å². The molecule has 1 atom stereocenters. The number of nitrogens with zero attached hydrogens (tertiary/aromatic N) is 1. The van der Waals surface area contributed by atoms with Gasteiger partial charge in [0.05, 0.1) is 17.2 Å². The lowest BCUT2D eigenvalue weighted by Gasteiger charge is -2.15. The highest BCUT2D eigenvalue weighted by Gasteiger charge is 2.15. The fourth-order valence-corrected chi connectivity index (χ4v) is 2.08. The summed E-state index contributed by atoms with van der Waals surface area (Å²) in [6.45, 7) is 4.00. The first-order valence-electron chi connectivity index (χ1n) is 6.49. The molecule has 1 unspecified atom stereocenters. The van der Waals surface area contributed by atoms with Gasteiger partial charge in [-0.25, -0.2) is 0 Å². The topological polar surface area (TPSA) is 62.2 Å². The number of amides is 1. The van der Waals surface area contributed by atoms with E-state index in [9.17, 15) is 9.90 Å². The number of aliphatic hydroxyl groups is 1. The number of aromatic nitrogens is 1. The number of hydrogen-bond donors (Lipinski definition) is 2. The van der Waals surface area contributed by atoms with Crippen LogP contribution in [0.5, 0.6) is 0 Å². The van der Waals surface area contributed by atoms with E-state index in [4.69, 9.17) is 11.6 Å². The van der Waals surface area contributed by atoms with Crippen LogP contribution in [0.1, 0.15) is 24.2 Å². The van der Waals surface area contributed by atoms with Crippen molar-refractivity contribution in [2.75, 3.05) is 6.54 Å². The Kier molecular flexibility index (Phi) is 4.57. The van der Waals surface area contributed by atoms with E-state index < -0.39 is 6.10 Å². The molecule has 0 fully saturated rings. The second-order valence-electron chi connectivity index (χ2n) is 5.05. The summed E-state index contributed by atoms with van der Waals surface area (Å²) >= 11 is 6.02. The van der Waals surface area contributed by atoms with Gasteiger partial charge in [-0.15, -0.1) is 0 Å². The van der Waals surface area contributed by atoms with Crippen LogP contribution in [0.3, 0.4) is 0 Å². The van der Waals surface area contributed by atoms with Crippen LogP contribution in [-0.4, -0.2) is 28.6 Å². The normalized spacial score (nSPS) is 12.7.